The fraction of sp³-hybridized carbons (Fsp3) is 0.182. The van der Waals surface area contributed by atoms with Gasteiger partial charge in [-0.2, -0.15) is 5.10 Å². The fourth-order valence-corrected chi connectivity index (χ4v) is 0.981. The van der Waals surface area contributed by atoms with Crippen molar-refractivity contribution >= 4 is 18.0 Å². The quantitative estimate of drug-likeness (QED) is 0.448. The molecule has 0 spiro atoms. The minimum Gasteiger partial charge on any atom is -0.398 e. The third kappa shape index (κ3) is 3.31. The van der Waals surface area contributed by atoms with E-state index in [2.05, 4.69) is 5.10 Å². The highest BCUT2D eigenvalue weighted by Crippen LogP contribution is 2.11. The number of para-hydroxylation sites is 1. The number of nitrogens with zero attached hydrogens (tertiary/aromatic N) is 2. The molecular formula is C11H15N3. The summed E-state index contributed by atoms with van der Waals surface area (Å²) in [5.41, 5.74) is 7.55. The zero-order valence-electron chi connectivity index (χ0n) is 8.51. The lowest BCUT2D eigenvalue weighted by Gasteiger charge is -2.00. The van der Waals surface area contributed by atoms with E-state index in [0.29, 0.717) is 0 Å². The Morgan fingerprint density at radius 3 is 2.64 bits per heavy atom. The van der Waals surface area contributed by atoms with Crippen LogP contribution in [0.5, 0.6) is 0 Å². The molecule has 0 saturated carbocycles. The van der Waals surface area contributed by atoms with E-state index in [4.69, 9.17) is 5.73 Å². The van der Waals surface area contributed by atoms with Gasteiger partial charge in [0.05, 0.1) is 0 Å². The zero-order valence-corrected chi connectivity index (χ0v) is 8.51. The third-order valence-corrected chi connectivity index (χ3v) is 1.66. The molecule has 74 valence electrons. The number of hydrogen-bond acceptors (Lipinski definition) is 3. The molecule has 0 aliphatic heterocycles. The maximum atomic E-state index is 5.76. The molecule has 0 aromatic heterocycles. The lowest BCUT2D eigenvalue weighted by Crippen LogP contribution is -2.00. The second-order valence-corrected chi connectivity index (χ2v) is 3.10. The smallest absolute Gasteiger partial charge is 0.0470 e. The van der Waals surface area contributed by atoms with Crippen LogP contribution in [-0.2, 0) is 0 Å². The van der Waals surface area contributed by atoms with Crippen LogP contribution < -0.4 is 5.73 Å². The van der Waals surface area contributed by atoms with Crippen molar-refractivity contribution < 1.29 is 0 Å². The summed E-state index contributed by atoms with van der Waals surface area (Å²) in [5.74, 6) is 0. The molecule has 1 aromatic carbocycles. The monoisotopic (exact) mass is 189 g/mol. The maximum absolute atomic E-state index is 5.76. The first-order valence-corrected chi connectivity index (χ1v) is 4.42. The van der Waals surface area contributed by atoms with Gasteiger partial charge in [0.15, 0.2) is 0 Å². The van der Waals surface area contributed by atoms with E-state index in [1.807, 2.05) is 50.5 Å². The summed E-state index contributed by atoms with van der Waals surface area (Å²) in [5, 5.41) is 5.78. The standard InChI is InChI=1S/C11H15N3/c1-14(2)13-9-5-7-10-6-3-4-8-11(10)12/h3-9H,12H2,1-2H3/b7-5+,13-9-. The number of hydrazone groups is 1. The van der Waals surface area contributed by atoms with Crippen LogP contribution in [0.1, 0.15) is 5.56 Å². The Labute approximate surface area is 84.5 Å². The maximum Gasteiger partial charge on any atom is 0.0470 e. The molecular weight excluding hydrogens is 174 g/mol. The summed E-state index contributed by atoms with van der Waals surface area (Å²) in [4.78, 5) is 0. The molecule has 0 fully saturated rings. The lowest BCUT2D eigenvalue weighted by atomic mass is 10.2. The predicted octanol–water partition coefficient (Wildman–Crippen LogP) is 1.83. The van der Waals surface area contributed by atoms with Crippen LogP contribution in [0.2, 0.25) is 0 Å². The minimum absolute atomic E-state index is 0.780. The number of anilines is 1. The summed E-state index contributed by atoms with van der Waals surface area (Å²) < 4.78 is 0. The van der Waals surface area contributed by atoms with Gasteiger partial charge in [0, 0.05) is 26.0 Å². The summed E-state index contributed by atoms with van der Waals surface area (Å²) in [7, 11) is 3.75. The van der Waals surface area contributed by atoms with Gasteiger partial charge in [-0.3, -0.25) is 0 Å². The largest absolute Gasteiger partial charge is 0.398 e. The molecule has 0 radical (unpaired) electrons. The number of benzene rings is 1. The van der Waals surface area contributed by atoms with E-state index >= 15 is 0 Å². The Balaban J connectivity index is 2.65. The molecule has 3 heteroatoms. The van der Waals surface area contributed by atoms with Crippen molar-refractivity contribution in [1.82, 2.24) is 5.01 Å². The summed E-state index contributed by atoms with van der Waals surface area (Å²) in [6.45, 7) is 0. The van der Waals surface area contributed by atoms with Crippen molar-refractivity contribution in [2.24, 2.45) is 5.10 Å². The highest BCUT2D eigenvalue weighted by atomic mass is 15.4. The highest BCUT2D eigenvalue weighted by molar-refractivity contribution is 5.80. The van der Waals surface area contributed by atoms with Crippen LogP contribution in [0.3, 0.4) is 0 Å². The molecule has 1 aromatic rings. The average Bonchev–Trinajstić information content (AvgIpc) is 2.15. The average molecular weight is 189 g/mol. The Morgan fingerprint density at radius 1 is 1.29 bits per heavy atom. The first-order valence-electron chi connectivity index (χ1n) is 4.42. The molecule has 0 bridgehead atoms. The Morgan fingerprint density at radius 2 is 2.00 bits per heavy atom. The lowest BCUT2D eigenvalue weighted by molar-refractivity contribution is 0.440. The van der Waals surface area contributed by atoms with Crippen molar-refractivity contribution in [2.75, 3.05) is 19.8 Å². The number of nitrogen functional groups attached to an aromatic ring is 1. The van der Waals surface area contributed by atoms with E-state index in [1.54, 1.807) is 11.2 Å². The van der Waals surface area contributed by atoms with Gasteiger partial charge in [-0.15, -0.1) is 0 Å². The summed E-state index contributed by atoms with van der Waals surface area (Å²) >= 11 is 0. The molecule has 3 nitrogen and oxygen atoms in total. The fourth-order valence-electron chi connectivity index (χ4n) is 0.981. The van der Waals surface area contributed by atoms with E-state index in [0.717, 1.165) is 11.3 Å². The SMILES string of the molecule is CN(C)/N=C\C=C\c1ccccc1N. The van der Waals surface area contributed by atoms with Gasteiger partial charge in [0.2, 0.25) is 0 Å². The van der Waals surface area contributed by atoms with Gasteiger partial charge in [-0.25, -0.2) is 0 Å². The van der Waals surface area contributed by atoms with E-state index in [9.17, 15) is 0 Å². The van der Waals surface area contributed by atoms with Crippen LogP contribution in [-0.4, -0.2) is 25.3 Å². The van der Waals surface area contributed by atoms with E-state index in [-0.39, 0.29) is 0 Å². The van der Waals surface area contributed by atoms with Crippen LogP contribution >= 0.6 is 0 Å². The van der Waals surface area contributed by atoms with Gasteiger partial charge in [-0.1, -0.05) is 24.3 Å². The zero-order chi connectivity index (χ0) is 10.4. The van der Waals surface area contributed by atoms with Gasteiger partial charge < -0.3 is 10.7 Å². The molecule has 0 aliphatic rings. The van der Waals surface area contributed by atoms with Crippen molar-refractivity contribution in [3.05, 3.63) is 35.9 Å². The molecule has 0 unspecified atom stereocenters. The first kappa shape index (κ1) is 10.3. The molecule has 0 saturated heterocycles. The van der Waals surface area contributed by atoms with Gasteiger partial charge in [0.1, 0.15) is 0 Å². The second kappa shape index (κ2) is 5.07. The van der Waals surface area contributed by atoms with Crippen LogP contribution in [0.25, 0.3) is 6.08 Å². The van der Waals surface area contributed by atoms with Gasteiger partial charge >= 0.3 is 0 Å². The van der Waals surface area contributed by atoms with Crippen molar-refractivity contribution in [3.63, 3.8) is 0 Å². The van der Waals surface area contributed by atoms with Gasteiger partial charge in [0.25, 0.3) is 0 Å². The van der Waals surface area contributed by atoms with Crippen LogP contribution in [0.4, 0.5) is 5.69 Å². The molecule has 0 heterocycles. The molecule has 14 heavy (non-hydrogen) atoms. The third-order valence-electron chi connectivity index (χ3n) is 1.66. The number of allylic oxidation sites excluding steroid dienone is 1. The highest BCUT2D eigenvalue weighted by Gasteiger charge is 1.89. The molecule has 1 rings (SSSR count). The normalized spacial score (nSPS) is 11.3. The number of nitrogens with two attached hydrogens (primary N) is 1. The Bertz CT molecular complexity index is 340. The predicted molar refractivity (Wildman–Crippen MR) is 62.1 cm³/mol. The summed E-state index contributed by atoms with van der Waals surface area (Å²) in [6, 6.07) is 7.72. The number of rotatable bonds is 3. The Kier molecular flexibility index (Phi) is 3.73. The van der Waals surface area contributed by atoms with Crippen molar-refractivity contribution in [1.29, 1.82) is 0 Å². The second-order valence-electron chi connectivity index (χ2n) is 3.10. The topological polar surface area (TPSA) is 41.6 Å². The Hall–Kier alpha value is -1.77. The van der Waals surface area contributed by atoms with E-state index in [1.165, 1.54) is 0 Å². The molecule has 0 aliphatic carbocycles. The van der Waals surface area contributed by atoms with Crippen LogP contribution in [0, 0.1) is 0 Å². The van der Waals surface area contributed by atoms with Crippen molar-refractivity contribution in [2.45, 2.75) is 0 Å². The van der Waals surface area contributed by atoms with Gasteiger partial charge in [-0.05, 0) is 17.7 Å². The first-order chi connectivity index (χ1) is 6.70. The summed E-state index contributed by atoms with van der Waals surface area (Å²) in [6.07, 6.45) is 5.53. The van der Waals surface area contributed by atoms with E-state index < -0.39 is 0 Å². The molecule has 2 N–H and O–H groups in total. The van der Waals surface area contributed by atoms with Crippen molar-refractivity contribution in [3.8, 4) is 0 Å². The van der Waals surface area contributed by atoms with Crippen LogP contribution in [0.15, 0.2) is 35.4 Å². The minimum atomic E-state index is 0.780. The molecule has 0 atom stereocenters. The number of hydrogen-bond donors (Lipinski definition) is 1. The molecule has 0 amide bonds.